The van der Waals surface area contributed by atoms with Crippen LogP contribution in [0.4, 0.5) is 5.69 Å². The van der Waals surface area contributed by atoms with Crippen LogP contribution in [0.15, 0.2) is 30.6 Å². The minimum Gasteiger partial charge on any atom is -0.326 e. The molecule has 1 amide bonds. The maximum atomic E-state index is 11.8. The maximum absolute atomic E-state index is 11.8. The van der Waals surface area contributed by atoms with Gasteiger partial charge in [-0.2, -0.15) is 0 Å². The lowest BCUT2D eigenvalue weighted by Crippen LogP contribution is -2.23. The van der Waals surface area contributed by atoms with Crippen LogP contribution in [0.2, 0.25) is 0 Å². The van der Waals surface area contributed by atoms with E-state index in [2.05, 4.69) is 26.2 Å². The number of nitrogens with one attached hydrogen (secondary N) is 2. The number of benzene rings is 1. The Bertz CT molecular complexity index is 578. The van der Waals surface area contributed by atoms with Crippen molar-refractivity contribution in [2.45, 2.75) is 25.3 Å². The van der Waals surface area contributed by atoms with E-state index in [-0.39, 0.29) is 5.91 Å². The van der Waals surface area contributed by atoms with Gasteiger partial charge < -0.3 is 10.6 Å². The van der Waals surface area contributed by atoms with Gasteiger partial charge in [-0.25, -0.2) is 4.68 Å². The van der Waals surface area contributed by atoms with Crippen LogP contribution in [0.1, 0.15) is 19.3 Å². The molecule has 0 aliphatic heterocycles. The fraction of sp³-hybridized carbons (Fsp3) is 0.385. The Morgan fingerprint density at radius 3 is 3.05 bits per heavy atom. The number of hydrogen-bond acceptors (Lipinski definition) is 5. The fourth-order valence-corrected chi connectivity index (χ4v) is 1.91. The van der Waals surface area contributed by atoms with Gasteiger partial charge in [0.25, 0.3) is 0 Å². The Hall–Kier alpha value is -2.28. The van der Waals surface area contributed by atoms with Crippen LogP contribution in [0.25, 0.3) is 5.69 Å². The van der Waals surface area contributed by atoms with Crippen LogP contribution >= 0.6 is 0 Å². The second-order valence-corrected chi connectivity index (χ2v) is 4.83. The van der Waals surface area contributed by atoms with Crippen molar-refractivity contribution < 1.29 is 4.79 Å². The number of nitrogens with zero attached hydrogens (tertiary/aromatic N) is 4. The summed E-state index contributed by atoms with van der Waals surface area (Å²) < 4.78 is 1.55. The summed E-state index contributed by atoms with van der Waals surface area (Å²) in [5.41, 5.74) is 1.55. The largest absolute Gasteiger partial charge is 0.326 e. The number of aromatic nitrogens is 4. The molecule has 1 aliphatic carbocycles. The highest BCUT2D eigenvalue weighted by Gasteiger charge is 2.20. The highest BCUT2D eigenvalue weighted by Crippen LogP contribution is 2.18. The van der Waals surface area contributed by atoms with Crippen LogP contribution in [0.3, 0.4) is 0 Å². The average Bonchev–Trinajstić information content (AvgIpc) is 3.10. The van der Waals surface area contributed by atoms with Crippen molar-refractivity contribution in [3.63, 3.8) is 0 Å². The molecule has 1 aromatic carbocycles. The van der Waals surface area contributed by atoms with E-state index in [0.717, 1.165) is 17.9 Å². The smallest absolute Gasteiger partial charge is 0.225 e. The van der Waals surface area contributed by atoms with Crippen LogP contribution in [0, 0.1) is 0 Å². The molecule has 7 nitrogen and oxygen atoms in total. The Morgan fingerprint density at radius 2 is 2.30 bits per heavy atom. The van der Waals surface area contributed by atoms with Gasteiger partial charge in [-0.3, -0.25) is 4.79 Å². The lowest BCUT2D eigenvalue weighted by atomic mass is 10.2. The first-order valence-corrected chi connectivity index (χ1v) is 6.68. The highest BCUT2D eigenvalue weighted by molar-refractivity contribution is 5.91. The number of hydrogen-bond donors (Lipinski definition) is 2. The van der Waals surface area contributed by atoms with Gasteiger partial charge in [0, 0.05) is 24.7 Å². The predicted molar refractivity (Wildman–Crippen MR) is 73.4 cm³/mol. The first kappa shape index (κ1) is 12.7. The normalized spacial score (nSPS) is 14.2. The van der Waals surface area contributed by atoms with E-state index >= 15 is 0 Å². The zero-order valence-electron chi connectivity index (χ0n) is 11.0. The molecule has 2 N–H and O–H groups in total. The summed E-state index contributed by atoms with van der Waals surface area (Å²) in [7, 11) is 0. The number of rotatable bonds is 6. The molecule has 0 bridgehead atoms. The SMILES string of the molecule is O=C(CCNC1CC1)Nc1cccc(-n2cnnn2)c1. The van der Waals surface area contributed by atoms with E-state index < -0.39 is 0 Å². The molecule has 0 saturated heterocycles. The molecule has 1 aromatic heterocycles. The van der Waals surface area contributed by atoms with Gasteiger partial charge in [0.2, 0.25) is 5.91 Å². The fourth-order valence-electron chi connectivity index (χ4n) is 1.91. The molecule has 1 saturated carbocycles. The summed E-state index contributed by atoms with van der Waals surface area (Å²) >= 11 is 0. The Balaban J connectivity index is 1.56. The molecule has 0 unspecified atom stereocenters. The molecule has 7 heteroatoms. The van der Waals surface area contributed by atoms with Gasteiger partial charge in [0.1, 0.15) is 6.33 Å². The summed E-state index contributed by atoms with van der Waals surface area (Å²) in [6.45, 7) is 0.725. The van der Waals surface area contributed by atoms with E-state index in [9.17, 15) is 4.79 Å². The number of tetrazole rings is 1. The lowest BCUT2D eigenvalue weighted by molar-refractivity contribution is -0.116. The molecule has 104 valence electrons. The van der Waals surface area contributed by atoms with Crippen molar-refractivity contribution in [1.82, 2.24) is 25.5 Å². The molecule has 0 radical (unpaired) electrons. The van der Waals surface area contributed by atoms with Gasteiger partial charge in [-0.05, 0) is 41.5 Å². The summed E-state index contributed by atoms with van der Waals surface area (Å²) in [6, 6.07) is 8.05. The second-order valence-electron chi connectivity index (χ2n) is 4.83. The molecular weight excluding hydrogens is 256 g/mol. The van der Waals surface area contributed by atoms with Gasteiger partial charge in [-0.15, -0.1) is 5.10 Å². The average molecular weight is 272 g/mol. The van der Waals surface area contributed by atoms with Gasteiger partial charge in [-0.1, -0.05) is 6.07 Å². The van der Waals surface area contributed by atoms with Crippen LogP contribution < -0.4 is 10.6 Å². The summed E-state index contributed by atoms with van der Waals surface area (Å²) in [6.07, 6.45) is 4.46. The van der Waals surface area contributed by atoms with E-state index in [4.69, 9.17) is 0 Å². The number of amides is 1. The summed E-state index contributed by atoms with van der Waals surface area (Å²) in [5, 5.41) is 17.2. The van der Waals surface area contributed by atoms with E-state index in [1.165, 1.54) is 19.2 Å². The van der Waals surface area contributed by atoms with Crippen molar-refractivity contribution >= 4 is 11.6 Å². The van der Waals surface area contributed by atoms with Crippen molar-refractivity contribution in [3.8, 4) is 5.69 Å². The van der Waals surface area contributed by atoms with E-state index in [0.29, 0.717) is 12.5 Å². The molecule has 0 atom stereocenters. The first-order chi connectivity index (χ1) is 9.81. The standard InChI is InChI=1S/C13H16N6O/c20-13(6-7-14-10-4-5-10)16-11-2-1-3-12(8-11)19-9-15-17-18-19/h1-3,8-10,14H,4-7H2,(H,16,20). The minimum absolute atomic E-state index is 0.00650. The molecular formula is C13H16N6O. The van der Waals surface area contributed by atoms with Crippen molar-refractivity contribution in [2.24, 2.45) is 0 Å². The third kappa shape index (κ3) is 3.39. The minimum atomic E-state index is 0.00650. The zero-order chi connectivity index (χ0) is 13.8. The van der Waals surface area contributed by atoms with Gasteiger partial charge >= 0.3 is 0 Å². The quantitative estimate of drug-likeness (QED) is 0.810. The molecule has 1 aliphatic rings. The van der Waals surface area contributed by atoms with Crippen molar-refractivity contribution in [1.29, 1.82) is 0 Å². The van der Waals surface area contributed by atoms with Crippen molar-refractivity contribution in [2.75, 3.05) is 11.9 Å². The summed E-state index contributed by atoms with van der Waals surface area (Å²) in [4.78, 5) is 11.8. The zero-order valence-corrected chi connectivity index (χ0v) is 11.0. The van der Waals surface area contributed by atoms with Gasteiger partial charge in [0.15, 0.2) is 0 Å². The van der Waals surface area contributed by atoms with E-state index in [1.807, 2.05) is 24.3 Å². The van der Waals surface area contributed by atoms with Crippen molar-refractivity contribution in [3.05, 3.63) is 30.6 Å². The molecule has 2 aromatic rings. The third-order valence-electron chi connectivity index (χ3n) is 3.11. The molecule has 3 rings (SSSR count). The lowest BCUT2D eigenvalue weighted by Gasteiger charge is -2.07. The first-order valence-electron chi connectivity index (χ1n) is 6.68. The molecule has 1 heterocycles. The van der Waals surface area contributed by atoms with Crippen LogP contribution in [-0.4, -0.2) is 38.7 Å². The topological polar surface area (TPSA) is 84.7 Å². The third-order valence-corrected chi connectivity index (χ3v) is 3.11. The second kappa shape index (κ2) is 5.79. The molecule has 1 fully saturated rings. The Kier molecular flexibility index (Phi) is 3.69. The number of anilines is 1. The Labute approximate surface area is 116 Å². The predicted octanol–water partition coefficient (Wildman–Crippen LogP) is 0.743. The van der Waals surface area contributed by atoms with Crippen LogP contribution in [0.5, 0.6) is 0 Å². The monoisotopic (exact) mass is 272 g/mol. The van der Waals surface area contributed by atoms with Gasteiger partial charge in [0.05, 0.1) is 5.69 Å². The van der Waals surface area contributed by atoms with Crippen LogP contribution in [-0.2, 0) is 4.79 Å². The maximum Gasteiger partial charge on any atom is 0.225 e. The highest BCUT2D eigenvalue weighted by atomic mass is 16.1. The number of carbonyl (C=O) groups is 1. The summed E-state index contributed by atoms with van der Waals surface area (Å²) in [5.74, 6) is 0.00650. The Morgan fingerprint density at radius 1 is 1.40 bits per heavy atom. The molecule has 0 spiro atoms. The number of carbonyl (C=O) groups excluding carboxylic acids is 1. The van der Waals surface area contributed by atoms with E-state index in [1.54, 1.807) is 4.68 Å². The molecule has 20 heavy (non-hydrogen) atoms.